The topological polar surface area (TPSA) is 26.3 Å². The summed E-state index contributed by atoms with van der Waals surface area (Å²) < 4.78 is 5.38. The zero-order valence-corrected chi connectivity index (χ0v) is 8.06. The Kier molecular flexibility index (Phi) is 3.27. The minimum absolute atomic E-state index is 0.282. The Balaban J connectivity index is 2.66. The van der Waals surface area contributed by atoms with Crippen molar-refractivity contribution in [3.63, 3.8) is 0 Å². The molecule has 0 spiro atoms. The highest BCUT2D eigenvalue weighted by Crippen LogP contribution is 2.32. The van der Waals surface area contributed by atoms with Gasteiger partial charge in [-0.3, -0.25) is 4.79 Å². The summed E-state index contributed by atoms with van der Waals surface area (Å²) in [5.74, 6) is 0.282. The fraction of sp³-hybridized carbons (Fsp3) is 0.900. The molecule has 0 radical (unpaired) electrons. The lowest BCUT2D eigenvalue weighted by molar-refractivity contribution is -0.144. The Morgan fingerprint density at radius 1 is 1.33 bits per heavy atom. The van der Waals surface area contributed by atoms with Gasteiger partial charge >= 0.3 is 0 Å². The number of ether oxygens (including phenoxy) is 1. The predicted molar refractivity (Wildman–Crippen MR) is 48.1 cm³/mol. The van der Waals surface area contributed by atoms with Gasteiger partial charge in [-0.1, -0.05) is 26.2 Å². The lowest BCUT2D eigenvalue weighted by atomic mass is 9.81. The van der Waals surface area contributed by atoms with Crippen LogP contribution in [0.5, 0.6) is 0 Å². The second-order valence-electron chi connectivity index (χ2n) is 3.54. The van der Waals surface area contributed by atoms with Crippen molar-refractivity contribution in [3.05, 3.63) is 0 Å². The molecule has 0 atom stereocenters. The molecule has 0 aromatic heterocycles. The maximum atomic E-state index is 11.6. The third kappa shape index (κ3) is 1.69. The van der Waals surface area contributed by atoms with Crippen LogP contribution in [0.3, 0.4) is 0 Å². The van der Waals surface area contributed by atoms with Crippen molar-refractivity contribution in [2.45, 2.75) is 51.0 Å². The smallest absolute Gasteiger partial charge is 0.164 e. The molecule has 0 aliphatic heterocycles. The van der Waals surface area contributed by atoms with Crippen LogP contribution in [0, 0.1) is 0 Å². The zero-order valence-electron chi connectivity index (χ0n) is 8.06. The molecule has 0 heterocycles. The third-order valence-corrected chi connectivity index (χ3v) is 2.88. The summed E-state index contributed by atoms with van der Waals surface area (Å²) in [7, 11) is 1.67. The molecule has 0 amide bonds. The van der Waals surface area contributed by atoms with Crippen molar-refractivity contribution in [1.82, 2.24) is 0 Å². The SMILES string of the molecule is CCC(=O)C1(OC)CCCCC1. The van der Waals surface area contributed by atoms with E-state index in [0.29, 0.717) is 6.42 Å². The molecule has 1 fully saturated rings. The van der Waals surface area contributed by atoms with E-state index in [0.717, 1.165) is 25.7 Å². The van der Waals surface area contributed by atoms with Crippen LogP contribution in [0.4, 0.5) is 0 Å². The Morgan fingerprint density at radius 3 is 2.33 bits per heavy atom. The van der Waals surface area contributed by atoms with Gasteiger partial charge < -0.3 is 4.74 Å². The highest BCUT2D eigenvalue weighted by molar-refractivity contribution is 5.87. The molecule has 12 heavy (non-hydrogen) atoms. The summed E-state index contributed by atoms with van der Waals surface area (Å²) in [4.78, 5) is 11.6. The van der Waals surface area contributed by atoms with E-state index in [9.17, 15) is 4.79 Å². The maximum Gasteiger partial charge on any atom is 0.164 e. The summed E-state index contributed by atoms with van der Waals surface area (Å²) >= 11 is 0. The monoisotopic (exact) mass is 170 g/mol. The molecular formula is C10H18O2. The average Bonchev–Trinajstić information content (AvgIpc) is 2.17. The Morgan fingerprint density at radius 2 is 1.92 bits per heavy atom. The maximum absolute atomic E-state index is 11.6. The van der Waals surface area contributed by atoms with Crippen molar-refractivity contribution in [2.75, 3.05) is 7.11 Å². The lowest BCUT2D eigenvalue weighted by Crippen LogP contribution is -2.42. The van der Waals surface area contributed by atoms with Crippen molar-refractivity contribution >= 4 is 5.78 Å². The highest BCUT2D eigenvalue weighted by atomic mass is 16.5. The molecule has 2 nitrogen and oxygen atoms in total. The number of hydrogen-bond acceptors (Lipinski definition) is 2. The first-order valence-electron chi connectivity index (χ1n) is 4.83. The highest BCUT2D eigenvalue weighted by Gasteiger charge is 2.37. The van der Waals surface area contributed by atoms with Gasteiger partial charge in [0.15, 0.2) is 5.78 Å². The number of rotatable bonds is 3. The number of hydrogen-bond donors (Lipinski definition) is 0. The van der Waals surface area contributed by atoms with E-state index < -0.39 is 5.60 Å². The molecule has 1 aliphatic rings. The Labute approximate surface area is 74.3 Å². The summed E-state index contributed by atoms with van der Waals surface area (Å²) in [5.41, 5.74) is -0.410. The minimum Gasteiger partial charge on any atom is -0.370 e. The fourth-order valence-corrected chi connectivity index (χ4v) is 2.04. The molecule has 1 aliphatic carbocycles. The first-order valence-corrected chi connectivity index (χ1v) is 4.83. The standard InChI is InChI=1S/C10H18O2/c1-3-9(11)10(12-2)7-5-4-6-8-10/h3-8H2,1-2H3. The van der Waals surface area contributed by atoms with E-state index in [2.05, 4.69) is 0 Å². The van der Waals surface area contributed by atoms with Crippen LogP contribution in [0.2, 0.25) is 0 Å². The molecule has 2 heteroatoms. The van der Waals surface area contributed by atoms with Gasteiger partial charge in [0.1, 0.15) is 5.60 Å². The number of carbonyl (C=O) groups is 1. The van der Waals surface area contributed by atoms with Gasteiger partial charge in [-0.15, -0.1) is 0 Å². The molecule has 0 unspecified atom stereocenters. The van der Waals surface area contributed by atoms with Crippen LogP contribution in [-0.2, 0) is 9.53 Å². The molecule has 0 N–H and O–H groups in total. The summed E-state index contributed by atoms with van der Waals surface area (Å²) in [6.45, 7) is 1.91. The largest absolute Gasteiger partial charge is 0.370 e. The van der Waals surface area contributed by atoms with Crippen LogP contribution in [0.1, 0.15) is 45.4 Å². The number of methoxy groups -OCH3 is 1. The Bertz CT molecular complexity index is 157. The van der Waals surface area contributed by atoms with E-state index in [-0.39, 0.29) is 5.78 Å². The van der Waals surface area contributed by atoms with E-state index in [1.807, 2.05) is 6.92 Å². The van der Waals surface area contributed by atoms with Crippen LogP contribution >= 0.6 is 0 Å². The molecular weight excluding hydrogens is 152 g/mol. The summed E-state index contributed by atoms with van der Waals surface area (Å²) in [6.07, 6.45) is 5.99. The van der Waals surface area contributed by atoms with Gasteiger partial charge in [-0.25, -0.2) is 0 Å². The number of Topliss-reactive ketones (excluding diaryl/α,β-unsaturated/α-hetero) is 1. The fourth-order valence-electron chi connectivity index (χ4n) is 2.04. The predicted octanol–water partition coefficient (Wildman–Crippen LogP) is 2.31. The third-order valence-electron chi connectivity index (χ3n) is 2.88. The molecule has 70 valence electrons. The van der Waals surface area contributed by atoms with Crippen molar-refractivity contribution < 1.29 is 9.53 Å². The van der Waals surface area contributed by atoms with Gasteiger partial charge in [0.25, 0.3) is 0 Å². The normalized spacial score (nSPS) is 22.2. The van der Waals surface area contributed by atoms with Gasteiger partial charge in [0.2, 0.25) is 0 Å². The van der Waals surface area contributed by atoms with Gasteiger partial charge in [-0.05, 0) is 12.8 Å². The van der Waals surface area contributed by atoms with Crippen molar-refractivity contribution in [2.24, 2.45) is 0 Å². The van der Waals surface area contributed by atoms with E-state index in [1.54, 1.807) is 7.11 Å². The quantitative estimate of drug-likeness (QED) is 0.649. The molecule has 0 bridgehead atoms. The molecule has 0 saturated heterocycles. The number of ketones is 1. The molecule has 0 aromatic carbocycles. The molecule has 1 rings (SSSR count). The second kappa shape index (κ2) is 4.04. The van der Waals surface area contributed by atoms with Gasteiger partial charge in [0, 0.05) is 13.5 Å². The summed E-state index contributed by atoms with van der Waals surface area (Å²) in [6, 6.07) is 0. The first kappa shape index (κ1) is 9.72. The molecule has 0 aromatic rings. The minimum atomic E-state index is -0.410. The van der Waals surface area contributed by atoms with Crippen LogP contribution < -0.4 is 0 Å². The summed E-state index contributed by atoms with van der Waals surface area (Å²) in [5, 5.41) is 0. The van der Waals surface area contributed by atoms with E-state index in [1.165, 1.54) is 6.42 Å². The van der Waals surface area contributed by atoms with Crippen LogP contribution in [0.25, 0.3) is 0 Å². The van der Waals surface area contributed by atoms with Crippen molar-refractivity contribution in [3.8, 4) is 0 Å². The van der Waals surface area contributed by atoms with Crippen molar-refractivity contribution in [1.29, 1.82) is 0 Å². The lowest BCUT2D eigenvalue weighted by Gasteiger charge is -2.34. The van der Waals surface area contributed by atoms with E-state index >= 15 is 0 Å². The zero-order chi connectivity index (χ0) is 9.03. The van der Waals surface area contributed by atoms with Gasteiger partial charge in [0.05, 0.1) is 0 Å². The molecule has 1 saturated carbocycles. The van der Waals surface area contributed by atoms with Crippen LogP contribution in [-0.4, -0.2) is 18.5 Å². The van der Waals surface area contributed by atoms with Gasteiger partial charge in [-0.2, -0.15) is 0 Å². The van der Waals surface area contributed by atoms with Crippen LogP contribution in [0.15, 0.2) is 0 Å². The number of carbonyl (C=O) groups excluding carboxylic acids is 1. The average molecular weight is 170 g/mol. The first-order chi connectivity index (χ1) is 5.75. The second-order valence-corrected chi connectivity index (χ2v) is 3.54. The van der Waals surface area contributed by atoms with E-state index in [4.69, 9.17) is 4.74 Å². The Hall–Kier alpha value is -0.370.